The molecule has 0 aromatic heterocycles. The molecule has 1 aliphatic carbocycles. The van der Waals surface area contributed by atoms with Gasteiger partial charge in [-0.25, -0.2) is 4.79 Å². The Morgan fingerprint density at radius 1 is 1.71 bits per heavy atom. The summed E-state index contributed by atoms with van der Waals surface area (Å²) in [5.41, 5.74) is 5.26. The van der Waals surface area contributed by atoms with Crippen LogP contribution in [0.25, 0.3) is 0 Å². The minimum atomic E-state index is -0.307. The number of carbonyl (C=O) groups is 1. The molecule has 1 rings (SSSR count). The van der Waals surface area contributed by atoms with Crippen LogP contribution in [0, 0.1) is 0 Å². The van der Waals surface area contributed by atoms with Crippen molar-refractivity contribution in [1.29, 1.82) is 0 Å². The van der Waals surface area contributed by atoms with Crippen LogP contribution in [0.5, 0.6) is 0 Å². The normalized spacial score (nSPS) is 15.3. The highest BCUT2D eigenvalue weighted by Gasteiger charge is 1.96. The van der Waals surface area contributed by atoms with E-state index < -0.39 is 0 Å². The Morgan fingerprint density at radius 3 is 3.14 bits per heavy atom. The zero-order valence-corrected chi connectivity index (χ0v) is 8.54. The zero-order chi connectivity index (χ0) is 10.4. The van der Waals surface area contributed by atoms with Gasteiger partial charge in [-0.05, 0) is 31.9 Å². The fourth-order valence-electron chi connectivity index (χ4n) is 1.15. The van der Waals surface area contributed by atoms with E-state index in [9.17, 15) is 4.79 Å². The summed E-state index contributed by atoms with van der Waals surface area (Å²) in [5, 5.41) is 0. The fraction of sp³-hybridized carbons (Fsp3) is 0.333. The lowest BCUT2D eigenvalue weighted by atomic mass is 10.1. The largest absolute Gasteiger partial charge is 0.463 e. The highest BCUT2D eigenvalue weighted by molar-refractivity contribution is 5.82. The molecule has 0 amide bonds. The molecule has 0 radical (unpaired) electrons. The Labute approximate surface area is 84.3 Å². The molecule has 0 aromatic rings. The molecule has 0 heterocycles. The number of hydrogen-bond donors (Lipinski definition) is 0. The first-order chi connectivity index (χ1) is 6.72. The van der Waals surface area contributed by atoms with E-state index in [2.05, 4.69) is 11.8 Å². The number of carbonyl (C=O) groups excluding carboxylic acids is 1. The van der Waals surface area contributed by atoms with Crippen molar-refractivity contribution in [3.05, 3.63) is 41.2 Å². The van der Waals surface area contributed by atoms with Crippen LogP contribution in [-0.4, -0.2) is 12.6 Å². The molecule has 0 aliphatic heterocycles. The third-order valence-corrected chi connectivity index (χ3v) is 1.76. The molecular weight excluding hydrogens is 176 g/mol. The predicted octanol–water partition coefficient (Wildman–Crippen LogP) is 2.54. The molecule has 0 unspecified atom stereocenters. The molecule has 0 bridgehead atoms. The van der Waals surface area contributed by atoms with E-state index in [-0.39, 0.29) is 5.97 Å². The maximum atomic E-state index is 11.0. The van der Waals surface area contributed by atoms with Crippen molar-refractivity contribution in [2.75, 3.05) is 6.61 Å². The Balaban J connectivity index is 2.65. The van der Waals surface area contributed by atoms with E-state index >= 15 is 0 Å². The van der Waals surface area contributed by atoms with E-state index in [0.29, 0.717) is 6.61 Å². The summed E-state index contributed by atoms with van der Waals surface area (Å²) in [6.07, 6.45) is 8.09. The van der Waals surface area contributed by atoms with Crippen LogP contribution in [0.2, 0.25) is 0 Å². The molecule has 14 heavy (non-hydrogen) atoms. The zero-order valence-electron chi connectivity index (χ0n) is 8.54. The van der Waals surface area contributed by atoms with Crippen LogP contribution in [0.15, 0.2) is 41.2 Å². The second-order valence-electron chi connectivity index (χ2n) is 3.05. The molecule has 0 fully saturated rings. The molecule has 0 spiro atoms. The van der Waals surface area contributed by atoms with E-state index in [0.717, 1.165) is 12.0 Å². The minimum Gasteiger partial charge on any atom is -0.463 e. The first-order valence-electron chi connectivity index (χ1n) is 4.70. The van der Waals surface area contributed by atoms with Crippen molar-refractivity contribution < 1.29 is 9.53 Å². The van der Waals surface area contributed by atoms with Gasteiger partial charge in [0.2, 0.25) is 0 Å². The number of rotatable bonds is 3. The lowest BCUT2D eigenvalue weighted by Crippen LogP contribution is -1.98. The summed E-state index contributed by atoms with van der Waals surface area (Å²) in [5.74, 6) is -0.307. The van der Waals surface area contributed by atoms with Crippen molar-refractivity contribution in [2.45, 2.75) is 20.3 Å². The van der Waals surface area contributed by atoms with Gasteiger partial charge in [-0.3, -0.25) is 0 Å². The van der Waals surface area contributed by atoms with E-state index in [4.69, 9.17) is 4.74 Å². The maximum absolute atomic E-state index is 11.0. The van der Waals surface area contributed by atoms with Crippen molar-refractivity contribution in [1.82, 2.24) is 0 Å². The minimum absolute atomic E-state index is 0.307. The van der Waals surface area contributed by atoms with Gasteiger partial charge in [0.05, 0.1) is 6.61 Å². The third-order valence-electron chi connectivity index (χ3n) is 1.76. The highest BCUT2D eigenvalue weighted by Crippen LogP contribution is 2.10. The van der Waals surface area contributed by atoms with Gasteiger partial charge < -0.3 is 4.74 Å². The van der Waals surface area contributed by atoms with Gasteiger partial charge in [-0.15, -0.1) is 5.73 Å². The van der Waals surface area contributed by atoms with Crippen molar-refractivity contribution in [3.8, 4) is 0 Å². The van der Waals surface area contributed by atoms with Gasteiger partial charge in [-0.1, -0.05) is 12.2 Å². The maximum Gasteiger partial charge on any atom is 0.330 e. The molecule has 0 aromatic carbocycles. The second-order valence-corrected chi connectivity index (χ2v) is 3.05. The summed E-state index contributed by atoms with van der Waals surface area (Å²) in [6, 6.07) is 0. The molecule has 2 nitrogen and oxygen atoms in total. The van der Waals surface area contributed by atoms with Crippen LogP contribution < -0.4 is 0 Å². The molecule has 1 aliphatic rings. The van der Waals surface area contributed by atoms with E-state index in [1.165, 1.54) is 11.6 Å². The molecular formula is C12H14O2. The summed E-state index contributed by atoms with van der Waals surface area (Å²) >= 11 is 0. The Hall–Kier alpha value is -1.53. The number of hydrogen-bond acceptors (Lipinski definition) is 2. The number of esters is 1. The van der Waals surface area contributed by atoms with Gasteiger partial charge in [-0.2, -0.15) is 0 Å². The summed E-state index contributed by atoms with van der Waals surface area (Å²) < 4.78 is 4.76. The molecule has 0 N–H and O–H groups in total. The number of ether oxygens (including phenoxy) is 1. The van der Waals surface area contributed by atoms with Gasteiger partial charge in [0.15, 0.2) is 0 Å². The SMILES string of the molecule is CCOC(=O)/C=C/C1=C=C(C)CC=C1. The monoisotopic (exact) mass is 190 g/mol. The Morgan fingerprint density at radius 2 is 2.50 bits per heavy atom. The smallest absolute Gasteiger partial charge is 0.330 e. The average Bonchev–Trinajstić information content (AvgIpc) is 2.15. The lowest BCUT2D eigenvalue weighted by Gasteiger charge is -1.99. The van der Waals surface area contributed by atoms with Crippen LogP contribution in [0.1, 0.15) is 20.3 Å². The summed E-state index contributed by atoms with van der Waals surface area (Å²) in [4.78, 5) is 11.0. The van der Waals surface area contributed by atoms with Crippen molar-refractivity contribution in [3.63, 3.8) is 0 Å². The van der Waals surface area contributed by atoms with Gasteiger partial charge in [0.25, 0.3) is 0 Å². The van der Waals surface area contributed by atoms with Crippen LogP contribution >= 0.6 is 0 Å². The molecule has 0 saturated heterocycles. The van der Waals surface area contributed by atoms with Gasteiger partial charge >= 0.3 is 5.97 Å². The van der Waals surface area contributed by atoms with Gasteiger partial charge in [0.1, 0.15) is 0 Å². The molecule has 74 valence electrons. The first-order valence-corrected chi connectivity index (χ1v) is 4.70. The lowest BCUT2D eigenvalue weighted by molar-refractivity contribution is -0.137. The van der Waals surface area contributed by atoms with Crippen LogP contribution in [0.4, 0.5) is 0 Å². The average molecular weight is 190 g/mol. The van der Waals surface area contributed by atoms with Crippen molar-refractivity contribution >= 4 is 5.97 Å². The van der Waals surface area contributed by atoms with Gasteiger partial charge in [0, 0.05) is 11.6 Å². The second kappa shape index (κ2) is 5.25. The number of allylic oxidation sites excluding steroid dienone is 4. The fourth-order valence-corrected chi connectivity index (χ4v) is 1.15. The molecule has 0 atom stereocenters. The van der Waals surface area contributed by atoms with E-state index in [1.54, 1.807) is 13.0 Å². The predicted molar refractivity (Wildman–Crippen MR) is 55.7 cm³/mol. The first kappa shape index (κ1) is 10.6. The Bertz CT molecular complexity index is 339. The Kier molecular flexibility index (Phi) is 3.96. The summed E-state index contributed by atoms with van der Waals surface area (Å²) in [7, 11) is 0. The van der Waals surface area contributed by atoms with Crippen molar-refractivity contribution in [2.24, 2.45) is 0 Å². The quantitative estimate of drug-likeness (QED) is 0.388. The van der Waals surface area contributed by atoms with Crippen LogP contribution in [0.3, 0.4) is 0 Å². The topological polar surface area (TPSA) is 26.3 Å². The molecule has 2 heteroatoms. The third kappa shape index (κ3) is 3.46. The van der Waals surface area contributed by atoms with E-state index in [1.807, 2.05) is 13.0 Å². The summed E-state index contributed by atoms with van der Waals surface area (Å²) in [6.45, 7) is 4.21. The highest BCUT2D eigenvalue weighted by atomic mass is 16.5. The standard InChI is InChI=1S/C12H14O2/c1-3-14-12(13)8-7-11-6-4-5-10(2)9-11/h4,6-8H,3,5H2,1-2H3/b8-7+. The van der Waals surface area contributed by atoms with Crippen LogP contribution in [-0.2, 0) is 9.53 Å². The molecule has 0 saturated carbocycles.